The molecule has 19 heteroatoms. The molecule has 4 aromatic rings. The van der Waals surface area contributed by atoms with Gasteiger partial charge in [-0.25, -0.2) is 16.8 Å². The fraction of sp³-hybridized carbons (Fsp3) is 0.414. The Bertz CT molecular complexity index is 2540. The molecule has 0 fully saturated rings. The first-order valence-electron chi connectivity index (χ1n) is 24.5. The lowest BCUT2D eigenvalue weighted by atomic mass is 10.0. The van der Waals surface area contributed by atoms with Crippen molar-refractivity contribution in [1.82, 2.24) is 0 Å². The number of aliphatic carboxylic acids is 2. The normalized spacial score (nSPS) is 11.6. The summed E-state index contributed by atoms with van der Waals surface area (Å²) in [6, 6.07) is 37.7. The standard InChI is InChI=1S/C15H20O4S.C15H20O2S.C13H16O6S.C8H12O2.C7H8S.H2O/c1-12(16)8-9-15(13(2)17)11-20(18,19)10-14-6-4-3-5-7-14;1-12(16)8-9-15(13(2)17)11-18-10-14-6-4-3-5-7-14;14-12(15)7-6-11(13(16)17)9-20(18,19)8-10-4-2-1-3-5-10;1-6(8(3)10)4-5-7(2)9;8-6-7-4-2-1-3-5-7;/h3-7,15H,8-11H2,1-2H3;3-7,15H,8-11H2,1-2H3;1-5,11H,6-9H2,(H,14,15)(H,16,17);1,4-5H2,2-3H3;1-5,8H,6H2;1H2. The van der Waals surface area contributed by atoms with Gasteiger partial charge in [-0.3, -0.25) is 24.0 Å². The molecule has 0 aliphatic carbocycles. The highest BCUT2D eigenvalue weighted by Gasteiger charge is 2.26. The Hall–Kier alpha value is -5.86. The highest BCUT2D eigenvalue weighted by Crippen LogP contribution is 2.20. The maximum absolute atomic E-state index is 12.1. The van der Waals surface area contributed by atoms with Gasteiger partial charge in [-0.1, -0.05) is 128 Å². The number of carboxylic acid groups (broad SMARTS) is 2. The molecule has 77 heavy (non-hydrogen) atoms. The topological polar surface area (TPSA) is 277 Å². The van der Waals surface area contributed by atoms with E-state index in [2.05, 4.69) is 43.5 Å². The average Bonchev–Trinajstić information content (AvgIpc) is 3.35. The van der Waals surface area contributed by atoms with Crippen molar-refractivity contribution in [2.45, 2.75) is 116 Å². The second-order valence-electron chi connectivity index (χ2n) is 18.2. The zero-order valence-electron chi connectivity index (χ0n) is 45.1. The lowest BCUT2D eigenvalue weighted by Crippen LogP contribution is -2.25. The summed E-state index contributed by atoms with van der Waals surface area (Å²) in [5, 5.41) is 17.5. The molecule has 0 bridgehead atoms. The zero-order chi connectivity index (χ0) is 57.7. The summed E-state index contributed by atoms with van der Waals surface area (Å²) < 4.78 is 48.1. The van der Waals surface area contributed by atoms with Gasteiger partial charge in [0.25, 0.3) is 0 Å². The van der Waals surface area contributed by atoms with Crippen molar-refractivity contribution in [1.29, 1.82) is 0 Å². The Labute approximate surface area is 465 Å². The predicted molar refractivity (Wildman–Crippen MR) is 309 cm³/mol. The summed E-state index contributed by atoms with van der Waals surface area (Å²) in [6.45, 7) is 12.5. The number of hydrogen-bond acceptors (Lipinski definition) is 14. The fourth-order valence-electron chi connectivity index (χ4n) is 6.51. The molecule has 0 aliphatic rings. The van der Waals surface area contributed by atoms with Crippen molar-refractivity contribution >= 4 is 90.7 Å². The van der Waals surface area contributed by atoms with E-state index >= 15 is 0 Å². The van der Waals surface area contributed by atoms with Gasteiger partial charge < -0.3 is 30.1 Å². The van der Waals surface area contributed by atoms with Crippen LogP contribution in [0.2, 0.25) is 0 Å². The molecule has 4 rings (SSSR count). The van der Waals surface area contributed by atoms with Crippen LogP contribution in [0.1, 0.15) is 115 Å². The largest absolute Gasteiger partial charge is 0.481 e. The van der Waals surface area contributed by atoms with E-state index in [0.29, 0.717) is 48.8 Å². The van der Waals surface area contributed by atoms with Crippen LogP contribution in [-0.4, -0.2) is 96.4 Å². The van der Waals surface area contributed by atoms with Crippen molar-refractivity contribution in [3.63, 3.8) is 0 Å². The van der Waals surface area contributed by atoms with Crippen molar-refractivity contribution in [2.75, 3.05) is 17.3 Å². The van der Waals surface area contributed by atoms with Gasteiger partial charge in [0.15, 0.2) is 25.5 Å². The minimum absolute atomic E-state index is 0. The summed E-state index contributed by atoms with van der Waals surface area (Å²) in [7, 11) is -6.96. The number of thiol groups is 1. The number of Topliss-reactive ketones (excluding diaryl/α,β-unsaturated/α-hetero) is 6. The van der Waals surface area contributed by atoms with Crippen molar-refractivity contribution in [3.8, 4) is 0 Å². The fourth-order valence-corrected chi connectivity index (χ4v) is 11.5. The third kappa shape index (κ3) is 40.1. The number of thioether (sulfide) groups is 1. The second kappa shape index (κ2) is 41.3. The summed E-state index contributed by atoms with van der Waals surface area (Å²) >= 11 is 5.87. The minimum Gasteiger partial charge on any atom is -0.481 e. The molecule has 0 saturated carbocycles. The number of carbonyl (C=O) groups excluding carboxylic acids is 6. The Balaban J connectivity index is 0. The number of allylic oxidation sites excluding steroid dienone is 1. The zero-order valence-corrected chi connectivity index (χ0v) is 48.4. The van der Waals surface area contributed by atoms with E-state index in [4.69, 9.17) is 10.2 Å². The van der Waals surface area contributed by atoms with E-state index in [-0.39, 0.29) is 82.6 Å². The van der Waals surface area contributed by atoms with Gasteiger partial charge in [-0.2, -0.15) is 24.4 Å². The lowest BCUT2D eigenvalue weighted by molar-refractivity contribution is -0.142. The molecule has 0 heterocycles. The molecule has 0 aromatic heterocycles. The number of rotatable bonds is 29. The van der Waals surface area contributed by atoms with Gasteiger partial charge in [0, 0.05) is 54.8 Å². The van der Waals surface area contributed by atoms with Gasteiger partial charge >= 0.3 is 11.9 Å². The van der Waals surface area contributed by atoms with E-state index in [1.165, 1.54) is 38.8 Å². The average molecular weight is 1140 g/mol. The Kier molecular flexibility index (Phi) is 39.2. The highest BCUT2D eigenvalue weighted by atomic mass is 32.2. The first-order chi connectivity index (χ1) is 35.7. The van der Waals surface area contributed by atoms with Crippen molar-refractivity contribution in [2.24, 2.45) is 17.8 Å². The summed E-state index contributed by atoms with van der Waals surface area (Å²) in [5.74, 6) is -2.48. The summed E-state index contributed by atoms with van der Waals surface area (Å²) in [5.41, 5.74) is 4.37. The number of carboxylic acids is 2. The van der Waals surface area contributed by atoms with E-state index in [0.717, 1.165) is 17.3 Å². The first-order valence-corrected chi connectivity index (χ1v) is 30.0. The molecular formula is C58H78O15S4. The molecule has 3 unspecified atom stereocenters. The molecule has 0 saturated heterocycles. The Morgan fingerprint density at radius 1 is 0.494 bits per heavy atom. The monoisotopic (exact) mass is 1140 g/mol. The van der Waals surface area contributed by atoms with Gasteiger partial charge in [0.2, 0.25) is 0 Å². The minimum atomic E-state index is -3.60. The van der Waals surface area contributed by atoms with E-state index in [9.17, 15) is 55.2 Å². The first kappa shape index (κ1) is 73.2. The van der Waals surface area contributed by atoms with E-state index < -0.39 is 49.2 Å². The van der Waals surface area contributed by atoms with Crippen LogP contribution < -0.4 is 0 Å². The molecule has 3 atom stereocenters. The van der Waals surface area contributed by atoms with E-state index in [1.54, 1.807) is 80.2 Å². The van der Waals surface area contributed by atoms with Gasteiger partial charge in [0.05, 0.1) is 28.9 Å². The molecule has 424 valence electrons. The molecule has 0 aliphatic heterocycles. The third-order valence-electron chi connectivity index (χ3n) is 11.0. The van der Waals surface area contributed by atoms with Gasteiger partial charge in [-0.15, -0.1) is 0 Å². The van der Waals surface area contributed by atoms with Crippen LogP contribution in [0.3, 0.4) is 0 Å². The van der Waals surface area contributed by atoms with Gasteiger partial charge in [0.1, 0.15) is 28.9 Å². The number of hydrogen-bond donors (Lipinski definition) is 3. The summed E-state index contributed by atoms with van der Waals surface area (Å²) in [4.78, 5) is 87.3. The Morgan fingerprint density at radius 3 is 1.17 bits per heavy atom. The van der Waals surface area contributed by atoms with Crippen molar-refractivity contribution < 1.29 is 70.9 Å². The van der Waals surface area contributed by atoms with Crippen LogP contribution in [0.25, 0.3) is 0 Å². The van der Waals surface area contributed by atoms with Gasteiger partial charge in [-0.05, 0) is 95.1 Å². The Morgan fingerprint density at radius 2 is 0.844 bits per heavy atom. The maximum Gasteiger partial charge on any atom is 0.307 e. The summed E-state index contributed by atoms with van der Waals surface area (Å²) in [6.07, 6.45) is 2.12. The van der Waals surface area contributed by atoms with Crippen LogP contribution in [0.5, 0.6) is 0 Å². The number of sulfone groups is 2. The number of carbonyl (C=O) groups is 8. The van der Waals surface area contributed by atoms with Crippen LogP contribution in [0.4, 0.5) is 0 Å². The number of ketones is 6. The molecule has 4 N–H and O–H groups in total. The molecule has 4 aromatic carbocycles. The van der Waals surface area contributed by atoms with Crippen molar-refractivity contribution in [3.05, 3.63) is 156 Å². The molecule has 0 amide bonds. The molecular weight excluding hydrogens is 1060 g/mol. The highest BCUT2D eigenvalue weighted by molar-refractivity contribution is 7.98. The predicted octanol–water partition coefficient (Wildman–Crippen LogP) is 9.63. The molecule has 0 spiro atoms. The van der Waals surface area contributed by atoms with Crippen LogP contribution in [0.15, 0.2) is 133 Å². The number of benzene rings is 4. The quantitative estimate of drug-likeness (QED) is 0.0337. The van der Waals surface area contributed by atoms with E-state index in [1.807, 2.05) is 42.5 Å². The molecule has 0 radical (unpaired) electrons. The van der Waals surface area contributed by atoms with Crippen LogP contribution in [0, 0.1) is 17.8 Å². The SMILES string of the molecule is C=C(CCC(C)=O)C(C)=O.CC(=O)CCC(CS(=O)(=O)Cc1ccccc1)C(C)=O.CC(=O)CCC(CSCc1ccccc1)C(C)=O.O.O=C(O)CCC(CS(=O)(=O)Cc1ccccc1)C(=O)O.SCc1ccccc1. The van der Waals surface area contributed by atoms with Crippen LogP contribution in [-0.2, 0) is 81.0 Å². The third-order valence-corrected chi connectivity index (χ3v) is 15.9. The second-order valence-corrected chi connectivity index (χ2v) is 23.7. The molecule has 15 nitrogen and oxygen atoms in total. The lowest BCUT2D eigenvalue weighted by Gasteiger charge is -2.13. The smallest absolute Gasteiger partial charge is 0.307 e. The van der Waals surface area contributed by atoms with Crippen LogP contribution >= 0.6 is 24.4 Å². The maximum atomic E-state index is 12.1.